The molecule has 2 saturated carbocycles. The van der Waals surface area contributed by atoms with Gasteiger partial charge in [0.1, 0.15) is 0 Å². The maximum absolute atomic E-state index is 3.83. The number of hydrogen-bond donors (Lipinski definition) is 1. The Morgan fingerprint density at radius 1 is 1.05 bits per heavy atom. The Morgan fingerprint density at radius 3 is 2.63 bits per heavy atom. The number of rotatable bonds is 6. The van der Waals surface area contributed by atoms with Crippen LogP contribution in [0.4, 0.5) is 0 Å². The minimum absolute atomic E-state index is 0.792. The lowest BCUT2D eigenvalue weighted by Crippen LogP contribution is -2.52. The maximum Gasteiger partial charge on any atom is 0.0223 e. The van der Waals surface area contributed by atoms with Gasteiger partial charge >= 0.3 is 0 Å². The summed E-state index contributed by atoms with van der Waals surface area (Å²) in [6.07, 6.45) is 13.2. The fourth-order valence-electron chi connectivity index (χ4n) is 4.42. The van der Waals surface area contributed by atoms with Crippen LogP contribution >= 0.6 is 0 Å². The lowest BCUT2D eigenvalue weighted by Gasteiger charge is -2.45. The molecule has 0 amide bonds. The van der Waals surface area contributed by atoms with Gasteiger partial charge in [0.15, 0.2) is 0 Å². The SMILES string of the molecule is CCCNC(CN1CCC[C@H]2CCCC[C@H]21)C1CC1. The zero-order chi connectivity index (χ0) is 13.1. The van der Waals surface area contributed by atoms with Gasteiger partial charge in [-0.2, -0.15) is 0 Å². The first-order valence-electron chi connectivity index (χ1n) is 8.86. The highest BCUT2D eigenvalue weighted by atomic mass is 15.2. The number of piperidine rings is 1. The quantitative estimate of drug-likeness (QED) is 0.791. The molecular formula is C17H32N2. The van der Waals surface area contributed by atoms with Crippen LogP contribution in [0.15, 0.2) is 0 Å². The Kier molecular flexibility index (Phi) is 4.81. The minimum Gasteiger partial charge on any atom is -0.312 e. The fraction of sp³-hybridized carbons (Fsp3) is 1.00. The van der Waals surface area contributed by atoms with Crippen LogP contribution in [0.2, 0.25) is 0 Å². The molecule has 0 aromatic carbocycles. The summed E-state index contributed by atoms with van der Waals surface area (Å²) >= 11 is 0. The summed E-state index contributed by atoms with van der Waals surface area (Å²) in [6, 6.07) is 1.73. The molecule has 19 heavy (non-hydrogen) atoms. The van der Waals surface area contributed by atoms with Crippen molar-refractivity contribution in [1.29, 1.82) is 0 Å². The Labute approximate surface area is 119 Å². The van der Waals surface area contributed by atoms with E-state index in [0.29, 0.717) is 0 Å². The number of likely N-dealkylation sites (tertiary alicyclic amines) is 1. The van der Waals surface area contributed by atoms with Gasteiger partial charge in [0.2, 0.25) is 0 Å². The minimum atomic E-state index is 0.792. The second-order valence-corrected chi connectivity index (χ2v) is 7.15. The molecule has 2 heteroatoms. The molecule has 1 unspecified atom stereocenters. The Hall–Kier alpha value is -0.0800. The van der Waals surface area contributed by atoms with Crippen molar-refractivity contribution in [3.63, 3.8) is 0 Å². The van der Waals surface area contributed by atoms with Crippen LogP contribution < -0.4 is 5.32 Å². The smallest absolute Gasteiger partial charge is 0.0223 e. The lowest BCUT2D eigenvalue weighted by molar-refractivity contribution is 0.0508. The molecule has 0 aromatic heterocycles. The van der Waals surface area contributed by atoms with E-state index in [4.69, 9.17) is 0 Å². The van der Waals surface area contributed by atoms with E-state index in [1.165, 1.54) is 77.4 Å². The number of fused-ring (bicyclic) bond motifs is 1. The van der Waals surface area contributed by atoms with E-state index >= 15 is 0 Å². The molecule has 2 nitrogen and oxygen atoms in total. The van der Waals surface area contributed by atoms with E-state index in [9.17, 15) is 0 Å². The second kappa shape index (κ2) is 6.58. The molecule has 3 atom stereocenters. The van der Waals surface area contributed by atoms with Gasteiger partial charge in [-0.15, -0.1) is 0 Å². The van der Waals surface area contributed by atoms with Gasteiger partial charge < -0.3 is 5.32 Å². The van der Waals surface area contributed by atoms with Crippen LogP contribution in [0.1, 0.15) is 64.7 Å². The van der Waals surface area contributed by atoms with Crippen molar-refractivity contribution < 1.29 is 0 Å². The fourth-order valence-corrected chi connectivity index (χ4v) is 4.42. The van der Waals surface area contributed by atoms with Crippen LogP contribution in [0.5, 0.6) is 0 Å². The van der Waals surface area contributed by atoms with Crippen molar-refractivity contribution in [3.8, 4) is 0 Å². The molecule has 3 rings (SSSR count). The van der Waals surface area contributed by atoms with Crippen molar-refractivity contribution >= 4 is 0 Å². The Balaban J connectivity index is 1.56. The summed E-state index contributed by atoms with van der Waals surface area (Å²) in [5.74, 6) is 2.03. The molecular weight excluding hydrogens is 232 g/mol. The molecule has 0 aromatic rings. The van der Waals surface area contributed by atoms with Gasteiger partial charge in [0.25, 0.3) is 0 Å². The predicted molar refractivity (Wildman–Crippen MR) is 81.4 cm³/mol. The van der Waals surface area contributed by atoms with Crippen LogP contribution in [0.25, 0.3) is 0 Å². The van der Waals surface area contributed by atoms with Crippen LogP contribution in [0, 0.1) is 11.8 Å². The topological polar surface area (TPSA) is 15.3 Å². The van der Waals surface area contributed by atoms with E-state index in [1.807, 2.05) is 0 Å². The molecule has 0 bridgehead atoms. The van der Waals surface area contributed by atoms with E-state index in [1.54, 1.807) is 0 Å². The first-order valence-corrected chi connectivity index (χ1v) is 8.86. The third-order valence-electron chi connectivity index (χ3n) is 5.64. The van der Waals surface area contributed by atoms with Crippen molar-refractivity contribution in [2.24, 2.45) is 11.8 Å². The average Bonchev–Trinajstić information content (AvgIpc) is 3.28. The van der Waals surface area contributed by atoms with Gasteiger partial charge in [-0.1, -0.05) is 19.8 Å². The number of nitrogens with one attached hydrogen (secondary N) is 1. The van der Waals surface area contributed by atoms with Crippen molar-refractivity contribution in [2.75, 3.05) is 19.6 Å². The molecule has 3 fully saturated rings. The third-order valence-corrected chi connectivity index (χ3v) is 5.64. The summed E-state index contributed by atoms with van der Waals surface area (Å²) in [6.45, 7) is 6.21. The van der Waals surface area contributed by atoms with Crippen LogP contribution in [-0.4, -0.2) is 36.6 Å². The molecule has 1 heterocycles. The largest absolute Gasteiger partial charge is 0.312 e. The molecule has 110 valence electrons. The summed E-state index contributed by atoms with van der Waals surface area (Å²) < 4.78 is 0. The first-order chi connectivity index (χ1) is 9.38. The van der Waals surface area contributed by atoms with Gasteiger partial charge in [0, 0.05) is 18.6 Å². The summed E-state index contributed by atoms with van der Waals surface area (Å²) in [4.78, 5) is 2.87. The molecule has 1 N–H and O–H groups in total. The zero-order valence-corrected chi connectivity index (χ0v) is 12.7. The third kappa shape index (κ3) is 3.52. The van der Waals surface area contributed by atoms with Crippen molar-refractivity contribution in [1.82, 2.24) is 10.2 Å². The van der Waals surface area contributed by atoms with E-state index in [2.05, 4.69) is 17.1 Å². The van der Waals surface area contributed by atoms with Crippen molar-refractivity contribution in [3.05, 3.63) is 0 Å². The normalized spacial score (nSPS) is 33.9. The van der Waals surface area contributed by atoms with Gasteiger partial charge in [0.05, 0.1) is 0 Å². The monoisotopic (exact) mass is 264 g/mol. The summed E-state index contributed by atoms with van der Waals surface area (Å²) in [5.41, 5.74) is 0. The highest BCUT2D eigenvalue weighted by molar-refractivity contribution is 4.93. The Morgan fingerprint density at radius 2 is 1.84 bits per heavy atom. The summed E-state index contributed by atoms with van der Waals surface area (Å²) in [5, 5.41) is 3.83. The summed E-state index contributed by atoms with van der Waals surface area (Å²) in [7, 11) is 0. The van der Waals surface area contributed by atoms with Crippen LogP contribution in [-0.2, 0) is 0 Å². The average molecular weight is 264 g/mol. The molecule has 3 aliphatic rings. The van der Waals surface area contributed by atoms with E-state index in [-0.39, 0.29) is 0 Å². The second-order valence-electron chi connectivity index (χ2n) is 7.15. The lowest BCUT2D eigenvalue weighted by atomic mass is 9.78. The molecule has 1 aliphatic heterocycles. The van der Waals surface area contributed by atoms with Gasteiger partial charge in [-0.3, -0.25) is 4.90 Å². The van der Waals surface area contributed by atoms with Crippen LogP contribution in [0.3, 0.4) is 0 Å². The molecule has 0 radical (unpaired) electrons. The van der Waals surface area contributed by atoms with Gasteiger partial charge in [-0.05, 0) is 69.9 Å². The maximum atomic E-state index is 3.83. The highest BCUT2D eigenvalue weighted by Gasteiger charge is 2.37. The van der Waals surface area contributed by atoms with E-state index in [0.717, 1.165) is 23.9 Å². The Bertz CT molecular complexity index is 272. The molecule has 1 saturated heterocycles. The standard InChI is InChI=1S/C17H32N2/c1-2-11-18-16(14-9-10-14)13-19-12-5-7-15-6-3-4-8-17(15)19/h14-18H,2-13H2,1H3/t15-,16?,17-/m1/s1. The number of hydrogen-bond acceptors (Lipinski definition) is 2. The zero-order valence-electron chi connectivity index (χ0n) is 12.7. The predicted octanol–water partition coefficient (Wildman–Crippen LogP) is 3.42. The number of nitrogens with zero attached hydrogens (tertiary/aromatic N) is 1. The molecule has 2 aliphatic carbocycles. The van der Waals surface area contributed by atoms with Gasteiger partial charge in [-0.25, -0.2) is 0 Å². The highest BCUT2D eigenvalue weighted by Crippen LogP contribution is 2.37. The molecule has 0 spiro atoms. The first kappa shape index (κ1) is 13.9. The van der Waals surface area contributed by atoms with E-state index < -0.39 is 0 Å². The van der Waals surface area contributed by atoms with Crippen molar-refractivity contribution in [2.45, 2.75) is 76.8 Å².